The number of aromatic nitrogens is 2. The molecule has 2 aromatic heterocycles. The largest absolute Gasteiger partial charge is 0.346 e. The second-order valence-corrected chi connectivity index (χ2v) is 3.84. The molecule has 1 aliphatic rings. The zero-order chi connectivity index (χ0) is 11.8. The van der Waals surface area contributed by atoms with Gasteiger partial charge in [0.25, 0.3) is 5.91 Å². The number of nitrogens with one attached hydrogen (secondary N) is 2. The first-order valence-corrected chi connectivity index (χ1v) is 5.24. The number of H-pyrrole nitrogens is 1. The smallest absolute Gasteiger partial charge is 0.273 e. The Bertz CT molecular complexity index is 666. The summed E-state index contributed by atoms with van der Waals surface area (Å²) < 4.78 is 0. The molecule has 17 heavy (non-hydrogen) atoms. The molecular weight excluding hydrogens is 216 g/mol. The molecule has 84 valence electrons. The summed E-state index contributed by atoms with van der Waals surface area (Å²) in [5.41, 5.74) is 5.48. The summed E-state index contributed by atoms with van der Waals surface area (Å²) >= 11 is 0. The first-order chi connectivity index (χ1) is 8.25. The Morgan fingerprint density at radius 3 is 3.06 bits per heavy atom. The normalized spacial score (nSPS) is 17.6. The maximum Gasteiger partial charge on any atom is 0.273 e. The molecule has 3 rings (SSSR count). The van der Waals surface area contributed by atoms with Crippen LogP contribution in [0.3, 0.4) is 0 Å². The van der Waals surface area contributed by atoms with E-state index in [1.54, 1.807) is 13.1 Å². The van der Waals surface area contributed by atoms with Gasteiger partial charge in [-0.05, 0) is 25.1 Å². The summed E-state index contributed by atoms with van der Waals surface area (Å²) in [5.74, 6) is -0.166. The highest BCUT2D eigenvalue weighted by atomic mass is 16.2. The third kappa shape index (κ3) is 1.52. The summed E-state index contributed by atoms with van der Waals surface area (Å²) in [4.78, 5) is 18.8. The van der Waals surface area contributed by atoms with Crippen LogP contribution in [0.25, 0.3) is 17.1 Å². The Labute approximate surface area is 97.2 Å². The molecule has 0 fully saturated rings. The summed E-state index contributed by atoms with van der Waals surface area (Å²) in [7, 11) is 0. The number of hydrogen-bond donors (Lipinski definition) is 2. The number of hydrogen-bond acceptors (Lipinski definition) is 3. The third-order valence-electron chi connectivity index (χ3n) is 2.74. The number of carbonyl (C=O) groups excluding carboxylic acids is 1. The number of aromatic amines is 1. The van der Waals surface area contributed by atoms with Crippen molar-refractivity contribution < 1.29 is 4.79 Å². The van der Waals surface area contributed by atoms with Crippen molar-refractivity contribution in [3.05, 3.63) is 35.7 Å². The van der Waals surface area contributed by atoms with Crippen LogP contribution in [0.2, 0.25) is 0 Å². The van der Waals surface area contributed by atoms with E-state index in [4.69, 9.17) is 0 Å². The lowest BCUT2D eigenvalue weighted by molar-refractivity contribution is -0.116. The molecule has 0 radical (unpaired) electrons. The van der Waals surface area contributed by atoms with Gasteiger partial charge < -0.3 is 4.98 Å². The van der Waals surface area contributed by atoms with E-state index in [1.807, 2.05) is 24.4 Å². The fourth-order valence-corrected chi connectivity index (χ4v) is 1.84. The molecule has 0 aromatic carbocycles. The van der Waals surface area contributed by atoms with E-state index in [-0.39, 0.29) is 5.91 Å². The maximum absolute atomic E-state index is 11.5. The van der Waals surface area contributed by atoms with E-state index in [1.165, 1.54) is 0 Å². The standard InChI is InChI=1S/C12H10N4O/c1-7-10(12(17)16-15-7)5-8-6-14-11-9(8)3-2-4-13-11/h2-6H,1H3,(H,13,14)(H,16,17)/b10-5-. The van der Waals surface area contributed by atoms with Crippen LogP contribution in [0, 0.1) is 0 Å². The minimum atomic E-state index is -0.166. The number of carbonyl (C=O) groups is 1. The molecule has 2 aromatic rings. The molecule has 0 bridgehead atoms. The lowest BCUT2D eigenvalue weighted by Crippen LogP contribution is -2.12. The van der Waals surface area contributed by atoms with Crippen LogP contribution in [0.15, 0.2) is 35.2 Å². The van der Waals surface area contributed by atoms with Crippen LogP contribution in [-0.4, -0.2) is 21.6 Å². The van der Waals surface area contributed by atoms with Gasteiger partial charge in [0.1, 0.15) is 5.65 Å². The molecule has 0 aliphatic carbocycles. The van der Waals surface area contributed by atoms with Crippen molar-refractivity contribution in [2.75, 3.05) is 0 Å². The first kappa shape index (κ1) is 9.77. The predicted octanol–water partition coefficient (Wildman–Crippen LogP) is 1.45. The van der Waals surface area contributed by atoms with Crippen LogP contribution in [-0.2, 0) is 4.79 Å². The topological polar surface area (TPSA) is 70.1 Å². The van der Waals surface area contributed by atoms with E-state index < -0.39 is 0 Å². The van der Waals surface area contributed by atoms with Crippen molar-refractivity contribution in [1.29, 1.82) is 0 Å². The van der Waals surface area contributed by atoms with Gasteiger partial charge in [-0.15, -0.1) is 0 Å². The lowest BCUT2D eigenvalue weighted by Gasteiger charge is -1.94. The Morgan fingerprint density at radius 1 is 1.41 bits per heavy atom. The van der Waals surface area contributed by atoms with Crippen LogP contribution in [0.4, 0.5) is 0 Å². The van der Waals surface area contributed by atoms with Crippen molar-refractivity contribution in [2.45, 2.75) is 6.92 Å². The van der Waals surface area contributed by atoms with Crippen LogP contribution < -0.4 is 5.43 Å². The summed E-state index contributed by atoms with van der Waals surface area (Å²) in [6.07, 6.45) is 5.38. The predicted molar refractivity (Wildman–Crippen MR) is 65.3 cm³/mol. The third-order valence-corrected chi connectivity index (χ3v) is 2.74. The van der Waals surface area contributed by atoms with Gasteiger partial charge in [-0.1, -0.05) is 0 Å². The minimum Gasteiger partial charge on any atom is -0.346 e. The number of nitrogens with zero attached hydrogens (tertiary/aromatic N) is 2. The van der Waals surface area contributed by atoms with Gasteiger partial charge in [-0.25, -0.2) is 10.4 Å². The van der Waals surface area contributed by atoms with Crippen molar-refractivity contribution in [3.63, 3.8) is 0 Å². The Hall–Kier alpha value is -2.43. The highest BCUT2D eigenvalue weighted by Gasteiger charge is 2.19. The number of pyridine rings is 1. The zero-order valence-electron chi connectivity index (χ0n) is 9.19. The van der Waals surface area contributed by atoms with Gasteiger partial charge in [0.15, 0.2) is 0 Å². The average molecular weight is 226 g/mol. The SMILES string of the molecule is CC1=NNC(=O)/C1=C\c1c[nH]c2ncccc12. The monoisotopic (exact) mass is 226 g/mol. The van der Waals surface area contributed by atoms with E-state index >= 15 is 0 Å². The molecule has 5 heteroatoms. The van der Waals surface area contributed by atoms with Gasteiger partial charge in [0, 0.05) is 23.3 Å². The molecule has 0 atom stereocenters. The Kier molecular flexibility index (Phi) is 2.04. The minimum absolute atomic E-state index is 0.166. The Morgan fingerprint density at radius 2 is 2.29 bits per heavy atom. The van der Waals surface area contributed by atoms with Gasteiger partial charge in [-0.3, -0.25) is 4.79 Å². The maximum atomic E-state index is 11.5. The number of hydrazone groups is 1. The van der Waals surface area contributed by atoms with E-state index in [0.29, 0.717) is 11.3 Å². The first-order valence-electron chi connectivity index (χ1n) is 5.24. The molecule has 5 nitrogen and oxygen atoms in total. The average Bonchev–Trinajstić information content (AvgIpc) is 2.88. The van der Waals surface area contributed by atoms with Crippen molar-refractivity contribution in [1.82, 2.24) is 15.4 Å². The van der Waals surface area contributed by atoms with Crippen LogP contribution in [0.1, 0.15) is 12.5 Å². The van der Waals surface area contributed by atoms with Gasteiger partial charge in [0.2, 0.25) is 0 Å². The van der Waals surface area contributed by atoms with E-state index in [9.17, 15) is 4.79 Å². The van der Waals surface area contributed by atoms with Gasteiger partial charge in [-0.2, -0.15) is 5.10 Å². The summed E-state index contributed by atoms with van der Waals surface area (Å²) in [6, 6.07) is 3.83. The molecule has 2 N–H and O–H groups in total. The summed E-state index contributed by atoms with van der Waals surface area (Å²) in [5, 5.41) is 4.88. The molecule has 0 saturated carbocycles. The van der Waals surface area contributed by atoms with Crippen molar-refractivity contribution >= 4 is 28.7 Å². The molecule has 1 amide bonds. The fourth-order valence-electron chi connectivity index (χ4n) is 1.84. The van der Waals surface area contributed by atoms with Crippen molar-refractivity contribution in [2.24, 2.45) is 5.10 Å². The number of amides is 1. The molecule has 0 saturated heterocycles. The van der Waals surface area contributed by atoms with E-state index in [0.717, 1.165) is 16.6 Å². The van der Waals surface area contributed by atoms with Gasteiger partial charge in [0.05, 0.1) is 11.3 Å². The van der Waals surface area contributed by atoms with Gasteiger partial charge >= 0.3 is 0 Å². The van der Waals surface area contributed by atoms with E-state index in [2.05, 4.69) is 20.5 Å². The molecule has 0 unspecified atom stereocenters. The van der Waals surface area contributed by atoms with Crippen LogP contribution in [0.5, 0.6) is 0 Å². The fraction of sp³-hybridized carbons (Fsp3) is 0.0833. The Balaban J connectivity index is 2.14. The summed E-state index contributed by atoms with van der Waals surface area (Å²) in [6.45, 7) is 1.80. The second-order valence-electron chi connectivity index (χ2n) is 3.84. The lowest BCUT2D eigenvalue weighted by atomic mass is 10.1. The number of rotatable bonds is 1. The quantitative estimate of drug-likeness (QED) is 0.722. The second kappa shape index (κ2) is 3.55. The molecule has 1 aliphatic heterocycles. The number of fused-ring (bicyclic) bond motifs is 1. The van der Waals surface area contributed by atoms with Crippen molar-refractivity contribution in [3.8, 4) is 0 Å². The van der Waals surface area contributed by atoms with Crippen LogP contribution >= 0.6 is 0 Å². The highest BCUT2D eigenvalue weighted by molar-refractivity contribution is 6.27. The molecular formula is C12H10N4O. The molecule has 3 heterocycles. The highest BCUT2D eigenvalue weighted by Crippen LogP contribution is 2.20. The zero-order valence-corrected chi connectivity index (χ0v) is 9.19. The molecule has 0 spiro atoms.